The van der Waals surface area contributed by atoms with Gasteiger partial charge >= 0.3 is 0 Å². The number of carbonyl (C=O) groups is 1. The van der Waals surface area contributed by atoms with Gasteiger partial charge in [0.15, 0.2) is 0 Å². The first-order valence-corrected chi connectivity index (χ1v) is 5.57. The van der Waals surface area contributed by atoms with Crippen molar-refractivity contribution in [3.05, 3.63) is 53.6 Å². The van der Waals surface area contributed by atoms with Gasteiger partial charge in [-0.25, -0.2) is 9.37 Å². The molecule has 0 aliphatic carbocycles. The van der Waals surface area contributed by atoms with E-state index in [0.717, 1.165) is 12.1 Å². The number of carbonyl (C=O) groups excluding carboxylic acids is 1. The first-order chi connectivity index (χ1) is 9.63. The zero-order valence-electron chi connectivity index (χ0n) is 10.2. The zero-order valence-corrected chi connectivity index (χ0v) is 10.2. The largest absolute Gasteiger partial charge is 0.323 e. The highest BCUT2D eigenvalue weighted by Gasteiger charge is 2.11. The lowest BCUT2D eigenvalue weighted by Crippen LogP contribution is -2.15. The number of nitrogens with zero attached hydrogens (tertiary/aromatic N) is 2. The lowest BCUT2D eigenvalue weighted by molar-refractivity contribution is 0.102. The maximum atomic E-state index is 13.0. The Balaban J connectivity index is 2.21. The fraction of sp³-hybridized carbons (Fsp3) is 0. The van der Waals surface area contributed by atoms with Crippen LogP contribution in [-0.2, 0) is 0 Å². The number of hydrogen-bond donors (Lipinski definition) is 3. The number of hydrazine groups is 1. The Morgan fingerprint density at radius 2 is 2.15 bits per heavy atom. The summed E-state index contributed by atoms with van der Waals surface area (Å²) in [4.78, 5) is 15.8. The van der Waals surface area contributed by atoms with Crippen molar-refractivity contribution >= 4 is 17.3 Å². The highest BCUT2D eigenvalue weighted by Crippen LogP contribution is 2.17. The number of hydrogen-bond acceptors (Lipinski definition) is 5. The number of nitrogens with two attached hydrogens (primary N) is 1. The number of amides is 1. The number of nitriles is 1. The van der Waals surface area contributed by atoms with Crippen molar-refractivity contribution in [2.24, 2.45) is 5.84 Å². The predicted molar refractivity (Wildman–Crippen MR) is 71.1 cm³/mol. The molecule has 0 radical (unpaired) electrons. The molecule has 2 aromatic rings. The van der Waals surface area contributed by atoms with Gasteiger partial charge in [0, 0.05) is 0 Å². The highest BCUT2D eigenvalue weighted by atomic mass is 19.1. The minimum atomic E-state index is -0.545. The normalized spacial score (nSPS) is 9.65. The topological polar surface area (TPSA) is 104 Å². The summed E-state index contributed by atoms with van der Waals surface area (Å²) >= 11 is 0. The fourth-order valence-corrected chi connectivity index (χ4v) is 1.52. The monoisotopic (exact) mass is 271 g/mol. The predicted octanol–water partition coefficient (Wildman–Crippen LogP) is 1.63. The van der Waals surface area contributed by atoms with Crippen LogP contribution in [0.4, 0.5) is 15.8 Å². The molecule has 0 saturated heterocycles. The van der Waals surface area contributed by atoms with Gasteiger partial charge in [0.2, 0.25) is 0 Å². The number of rotatable bonds is 3. The van der Waals surface area contributed by atoms with Crippen LogP contribution in [0.2, 0.25) is 0 Å². The molecule has 0 bridgehead atoms. The third-order valence-electron chi connectivity index (χ3n) is 2.51. The molecule has 1 amide bonds. The van der Waals surface area contributed by atoms with E-state index in [9.17, 15) is 9.18 Å². The van der Waals surface area contributed by atoms with E-state index in [0.29, 0.717) is 5.69 Å². The molecule has 2 rings (SSSR count). The third-order valence-corrected chi connectivity index (χ3v) is 2.51. The average molecular weight is 271 g/mol. The second kappa shape index (κ2) is 5.77. The molecule has 6 nitrogen and oxygen atoms in total. The molecule has 0 fully saturated rings. The number of nitrogens with one attached hydrogen (secondary N) is 2. The quantitative estimate of drug-likeness (QED) is 0.581. The molecule has 0 atom stereocenters. The molecule has 0 aliphatic heterocycles. The average Bonchev–Trinajstić information content (AvgIpc) is 2.49. The van der Waals surface area contributed by atoms with Crippen LogP contribution in [0.5, 0.6) is 0 Å². The van der Waals surface area contributed by atoms with Gasteiger partial charge in [-0.1, -0.05) is 0 Å². The van der Waals surface area contributed by atoms with Crippen molar-refractivity contribution < 1.29 is 9.18 Å². The molecule has 0 saturated carbocycles. The van der Waals surface area contributed by atoms with Crippen molar-refractivity contribution in [1.82, 2.24) is 4.98 Å². The van der Waals surface area contributed by atoms with Gasteiger partial charge in [-0.15, -0.1) is 0 Å². The Labute approximate surface area is 114 Å². The van der Waals surface area contributed by atoms with Crippen molar-refractivity contribution in [3.8, 4) is 6.07 Å². The SMILES string of the molecule is N#Cc1cc(F)ccc1NC(=O)c1ccc(NN)cn1. The van der Waals surface area contributed by atoms with Crippen LogP contribution in [0.3, 0.4) is 0 Å². The number of nitrogen functional groups attached to an aromatic ring is 1. The van der Waals surface area contributed by atoms with E-state index in [1.54, 1.807) is 6.07 Å². The summed E-state index contributed by atoms with van der Waals surface area (Å²) in [7, 11) is 0. The fourth-order valence-electron chi connectivity index (χ4n) is 1.52. The summed E-state index contributed by atoms with van der Waals surface area (Å²) in [6, 6.07) is 8.39. The summed E-state index contributed by atoms with van der Waals surface area (Å²) in [6.45, 7) is 0. The molecule has 100 valence electrons. The number of anilines is 2. The van der Waals surface area contributed by atoms with Crippen LogP contribution >= 0.6 is 0 Å². The maximum Gasteiger partial charge on any atom is 0.274 e. The second-order valence-electron chi connectivity index (χ2n) is 3.83. The second-order valence-corrected chi connectivity index (χ2v) is 3.83. The number of halogens is 1. The molecule has 0 unspecified atom stereocenters. The minimum absolute atomic E-state index is 0.0404. The molecule has 7 heteroatoms. The zero-order chi connectivity index (χ0) is 14.5. The first kappa shape index (κ1) is 13.5. The Morgan fingerprint density at radius 1 is 1.35 bits per heavy atom. The summed E-state index contributed by atoms with van der Waals surface area (Å²) in [6.07, 6.45) is 1.39. The molecule has 0 aliphatic rings. The van der Waals surface area contributed by atoms with Crippen LogP contribution in [-0.4, -0.2) is 10.9 Å². The van der Waals surface area contributed by atoms with Crippen molar-refractivity contribution in [2.75, 3.05) is 10.7 Å². The number of aromatic nitrogens is 1. The van der Waals surface area contributed by atoms with Gasteiger partial charge < -0.3 is 10.7 Å². The Hall–Kier alpha value is -2.98. The first-order valence-electron chi connectivity index (χ1n) is 5.57. The lowest BCUT2D eigenvalue weighted by atomic mass is 10.2. The van der Waals surface area contributed by atoms with Crippen molar-refractivity contribution in [3.63, 3.8) is 0 Å². The van der Waals surface area contributed by atoms with Crippen molar-refractivity contribution in [1.29, 1.82) is 5.26 Å². The van der Waals surface area contributed by atoms with E-state index in [4.69, 9.17) is 11.1 Å². The Kier molecular flexibility index (Phi) is 3.88. The van der Waals surface area contributed by atoms with E-state index < -0.39 is 11.7 Å². The van der Waals surface area contributed by atoms with Gasteiger partial charge in [0.25, 0.3) is 5.91 Å². The summed E-state index contributed by atoms with van der Waals surface area (Å²) < 4.78 is 13.0. The van der Waals surface area contributed by atoms with E-state index in [-0.39, 0.29) is 16.9 Å². The minimum Gasteiger partial charge on any atom is -0.323 e. The van der Waals surface area contributed by atoms with Crippen molar-refractivity contribution in [2.45, 2.75) is 0 Å². The maximum absolute atomic E-state index is 13.0. The Morgan fingerprint density at radius 3 is 2.75 bits per heavy atom. The molecule has 1 aromatic heterocycles. The van der Waals surface area contributed by atoms with E-state index in [1.807, 2.05) is 6.07 Å². The van der Waals surface area contributed by atoms with Gasteiger partial charge in [0.1, 0.15) is 17.6 Å². The summed E-state index contributed by atoms with van der Waals surface area (Å²) in [5, 5.41) is 11.4. The van der Waals surface area contributed by atoms with Gasteiger partial charge in [-0.3, -0.25) is 10.6 Å². The van der Waals surface area contributed by atoms with Gasteiger partial charge in [-0.05, 0) is 30.3 Å². The highest BCUT2D eigenvalue weighted by molar-refractivity contribution is 6.03. The number of benzene rings is 1. The lowest BCUT2D eigenvalue weighted by Gasteiger charge is -2.07. The Bertz CT molecular complexity index is 678. The summed E-state index contributed by atoms with van der Waals surface area (Å²) in [5.74, 6) is 4.14. The van der Waals surface area contributed by atoms with E-state index in [1.165, 1.54) is 18.3 Å². The molecule has 1 aromatic carbocycles. The van der Waals surface area contributed by atoms with Crippen LogP contribution < -0.4 is 16.6 Å². The van der Waals surface area contributed by atoms with Gasteiger partial charge in [0.05, 0.1) is 23.1 Å². The molecular weight excluding hydrogens is 261 g/mol. The molecule has 4 N–H and O–H groups in total. The standard InChI is InChI=1S/C13H10FN5O/c14-9-1-3-11(8(5-9)6-15)18-13(20)12-4-2-10(19-16)7-17-12/h1-5,7,19H,16H2,(H,18,20). The molecule has 0 spiro atoms. The third kappa shape index (κ3) is 2.88. The van der Waals surface area contributed by atoms with E-state index >= 15 is 0 Å². The molecule has 1 heterocycles. The summed E-state index contributed by atoms with van der Waals surface area (Å²) in [5.41, 5.74) is 3.36. The van der Waals surface area contributed by atoms with Crippen LogP contribution in [0.1, 0.15) is 16.1 Å². The number of pyridine rings is 1. The smallest absolute Gasteiger partial charge is 0.274 e. The van der Waals surface area contributed by atoms with Crippen LogP contribution in [0.15, 0.2) is 36.5 Å². The van der Waals surface area contributed by atoms with Gasteiger partial charge in [-0.2, -0.15) is 5.26 Å². The van der Waals surface area contributed by atoms with Crippen LogP contribution in [0.25, 0.3) is 0 Å². The molecular formula is C13H10FN5O. The van der Waals surface area contributed by atoms with Crippen LogP contribution in [0, 0.1) is 17.1 Å². The molecule has 20 heavy (non-hydrogen) atoms. The van der Waals surface area contributed by atoms with E-state index in [2.05, 4.69) is 15.7 Å².